The summed E-state index contributed by atoms with van der Waals surface area (Å²) in [5.41, 5.74) is 0.356. The van der Waals surface area contributed by atoms with Gasteiger partial charge in [0, 0.05) is 35.8 Å². The number of benzene rings is 2. The van der Waals surface area contributed by atoms with Crippen LogP contribution in [0.4, 0.5) is 24.0 Å². The third-order valence-electron chi connectivity index (χ3n) is 6.00. The molecule has 0 aliphatic heterocycles. The molecule has 1 unspecified atom stereocenters. The fourth-order valence-electron chi connectivity index (χ4n) is 4.06. The lowest BCUT2D eigenvalue weighted by atomic mass is 10.1. The Labute approximate surface area is 239 Å². The molecular weight excluding hydrogens is 555 g/mol. The van der Waals surface area contributed by atoms with Crippen molar-refractivity contribution in [1.82, 2.24) is 9.97 Å². The van der Waals surface area contributed by atoms with Gasteiger partial charge in [0.25, 0.3) is 5.91 Å². The number of amides is 1. The van der Waals surface area contributed by atoms with Gasteiger partial charge < -0.3 is 9.47 Å². The molecule has 0 spiro atoms. The highest BCUT2D eigenvalue weighted by molar-refractivity contribution is 7.14. The van der Waals surface area contributed by atoms with Crippen LogP contribution in [0.1, 0.15) is 50.3 Å². The van der Waals surface area contributed by atoms with Crippen LogP contribution >= 0.6 is 11.3 Å². The summed E-state index contributed by atoms with van der Waals surface area (Å²) in [7, 11) is 0. The zero-order valence-electron chi connectivity index (χ0n) is 22.4. The molecule has 4 aromatic rings. The first-order chi connectivity index (χ1) is 19.7. The van der Waals surface area contributed by atoms with Crippen molar-refractivity contribution >= 4 is 34.0 Å². The van der Waals surface area contributed by atoms with E-state index < -0.39 is 29.7 Å². The quantitative estimate of drug-likeness (QED) is 0.133. The fraction of sp³-hybridized carbons (Fsp3) is 0.267. The van der Waals surface area contributed by atoms with Crippen molar-refractivity contribution in [2.75, 3.05) is 11.5 Å². The van der Waals surface area contributed by atoms with Crippen molar-refractivity contribution in [3.05, 3.63) is 89.6 Å². The minimum atomic E-state index is -4.76. The maximum Gasteiger partial charge on any atom is 0.420 e. The number of pyridine rings is 1. The number of alkyl halides is 3. The van der Waals surface area contributed by atoms with Gasteiger partial charge in [-0.3, -0.25) is 19.5 Å². The van der Waals surface area contributed by atoms with Gasteiger partial charge in [-0.25, -0.2) is 4.98 Å². The minimum absolute atomic E-state index is 0.0895. The van der Waals surface area contributed by atoms with Crippen LogP contribution < -0.4 is 9.64 Å². The molecule has 11 heteroatoms. The molecule has 4 rings (SSSR count). The van der Waals surface area contributed by atoms with Gasteiger partial charge in [0.15, 0.2) is 5.13 Å². The molecular formula is C30H28F3N3O4S. The normalized spacial score (nSPS) is 12.0. The summed E-state index contributed by atoms with van der Waals surface area (Å²) >= 11 is 1.06. The van der Waals surface area contributed by atoms with Crippen LogP contribution in [0.25, 0.3) is 11.3 Å². The lowest BCUT2D eigenvalue weighted by molar-refractivity contribution is -0.153. The van der Waals surface area contributed by atoms with Gasteiger partial charge in [0.2, 0.25) is 6.10 Å². The van der Waals surface area contributed by atoms with Crippen molar-refractivity contribution < 1.29 is 32.2 Å². The number of aromatic nitrogens is 2. The second kappa shape index (κ2) is 13.4. The Morgan fingerprint density at radius 1 is 1.05 bits per heavy atom. The number of anilines is 2. The van der Waals surface area contributed by atoms with Crippen LogP contribution in [0.3, 0.4) is 0 Å². The smallest absolute Gasteiger partial charge is 0.420 e. The van der Waals surface area contributed by atoms with Gasteiger partial charge in [0.1, 0.15) is 5.75 Å². The van der Waals surface area contributed by atoms with E-state index in [1.165, 1.54) is 12.1 Å². The molecule has 0 radical (unpaired) electrons. The molecule has 0 aliphatic carbocycles. The highest BCUT2D eigenvalue weighted by Gasteiger charge is 2.38. The first-order valence-electron chi connectivity index (χ1n) is 12.9. The van der Waals surface area contributed by atoms with E-state index in [0.29, 0.717) is 23.2 Å². The van der Waals surface area contributed by atoms with Crippen molar-refractivity contribution in [1.29, 1.82) is 0 Å². The number of ether oxygens (including phenoxy) is 2. The number of hydrogen-bond donors (Lipinski definition) is 0. The molecule has 1 amide bonds. The summed E-state index contributed by atoms with van der Waals surface area (Å²) in [5, 5.41) is 1.76. The SMILES string of the molecule is CCCCCOc1ccc(N(C(=O)C(OC(C)=O)c2ccccc2)c2nc(-c3cccnc3)cs2)cc1C(F)(F)F. The monoisotopic (exact) mass is 583 g/mol. The molecule has 1 atom stereocenters. The summed E-state index contributed by atoms with van der Waals surface area (Å²) in [6.07, 6.45) is -0.684. The fourth-order valence-corrected chi connectivity index (χ4v) is 4.91. The summed E-state index contributed by atoms with van der Waals surface area (Å²) in [4.78, 5) is 35.8. The second-order valence-corrected chi connectivity index (χ2v) is 9.90. The van der Waals surface area contributed by atoms with E-state index >= 15 is 0 Å². The Kier molecular flexibility index (Phi) is 9.72. The molecule has 2 aromatic heterocycles. The molecule has 2 aromatic carbocycles. The van der Waals surface area contributed by atoms with Crippen LogP contribution in [0.5, 0.6) is 5.75 Å². The molecule has 214 valence electrons. The van der Waals surface area contributed by atoms with Crippen LogP contribution in [-0.4, -0.2) is 28.5 Å². The molecule has 0 fully saturated rings. The molecule has 41 heavy (non-hydrogen) atoms. The number of thiazole rings is 1. The number of unbranched alkanes of at least 4 members (excludes halogenated alkanes) is 2. The molecule has 0 aliphatic rings. The van der Waals surface area contributed by atoms with E-state index in [1.807, 2.05) is 6.92 Å². The number of esters is 1. The van der Waals surface area contributed by atoms with E-state index in [1.54, 1.807) is 60.2 Å². The topological polar surface area (TPSA) is 81.6 Å². The molecule has 0 bridgehead atoms. The summed E-state index contributed by atoms with van der Waals surface area (Å²) in [6.45, 7) is 3.27. The highest BCUT2D eigenvalue weighted by atomic mass is 32.1. The Hall–Kier alpha value is -4.25. The van der Waals surface area contributed by atoms with Gasteiger partial charge in [-0.05, 0) is 36.8 Å². The zero-order valence-corrected chi connectivity index (χ0v) is 23.2. The molecule has 2 heterocycles. The van der Waals surface area contributed by atoms with Crippen molar-refractivity contribution in [2.24, 2.45) is 0 Å². The average Bonchev–Trinajstić information content (AvgIpc) is 3.44. The van der Waals surface area contributed by atoms with Gasteiger partial charge in [-0.15, -0.1) is 11.3 Å². The third kappa shape index (κ3) is 7.49. The molecule has 0 saturated heterocycles. The van der Waals surface area contributed by atoms with Crippen LogP contribution in [-0.2, 0) is 20.5 Å². The lowest BCUT2D eigenvalue weighted by Gasteiger charge is -2.26. The number of halogens is 3. The largest absolute Gasteiger partial charge is 0.493 e. The first-order valence-corrected chi connectivity index (χ1v) is 13.8. The number of hydrogen-bond acceptors (Lipinski definition) is 7. The standard InChI is InChI=1S/C30H28F3N3O4S/c1-3-4-8-16-39-26-14-13-23(17-24(26)30(31,32)33)36(29-35-25(19-41-29)22-12-9-15-34-18-22)28(38)27(40-20(2)37)21-10-6-5-7-11-21/h5-7,9-15,17-19,27H,3-4,8,16H2,1-2H3. The van der Waals surface area contributed by atoms with Crippen molar-refractivity contribution in [2.45, 2.75) is 45.4 Å². The summed E-state index contributed by atoms with van der Waals surface area (Å²) in [6, 6.07) is 15.2. The van der Waals surface area contributed by atoms with Crippen molar-refractivity contribution in [3.63, 3.8) is 0 Å². The van der Waals surface area contributed by atoms with E-state index in [9.17, 15) is 22.8 Å². The molecule has 0 saturated carbocycles. The molecule has 7 nitrogen and oxygen atoms in total. The first kappa shape index (κ1) is 29.7. The third-order valence-corrected chi connectivity index (χ3v) is 6.83. The van der Waals surface area contributed by atoms with E-state index in [4.69, 9.17) is 9.47 Å². The van der Waals surface area contributed by atoms with E-state index in [-0.39, 0.29) is 23.2 Å². The van der Waals surface area contributed by atoms with Crippen molar-refractivity contribution in [3.8, 4) is 17.0 Å². The highest BCUT2D eigenvalue weighted by Crippen LogP contribution is 2.42. The van der Waals surface area contributed by atoms with E-state index in [2.05, 4.69) is 9.97 Å². The second-order valence-electron chi connectivity index (χ2n) is 9.06. The number of carbonyl (C=O) groups excluding carboxylic acids is 2. The van der Waals surface area contributed by atoms with Gasteiger partial charge in [-0.1, -0.05) is 50.1 Å². The van der Waals surface area contributed by atoms with Gasteiger partial charge >= 0.3 is 12.1 Å². The van der Waals surface area contributed by atoms with Crippen LogP contribution in [0.2, 0.25) is 0 Å². The summed E-state index contributed by atoms with van der Waals surface area (Å²) < 4.78 is 53.5. The van der Waals surface area contributed by atoms with Crippen LogP contribution in [0.15, 0.2) is 78.4 Å². The van der Waals surface area contributed by atoms with Gasteiger partial charge in [-0.2, -0.15) is 13.2 Å². The van der Waals surface area contributed by atoms with Crippen LogP contribution in [0, 0.1) is 0 Å². The van der Waals surface area contributed by atoms with E-state index in [0.717, 1.165) is 42.1 Å². The molecule has 0 N–H and O–H groups in total. The van der Waals surface area contributed by atoms with Gasteiger partial charge in [0.05, 0.1) is 23.6 Å². The predicted octanol–water partition coefficient (Wildman–Crippen LogP) is 7.76. The Morgan fingerprint density at radius 3 is 2.49 bits per heavy atom. The maximum atomic E-state index is 14.2. The summed E-state index contributed by atoms with van der Waals surface area (Å²) in [5.74, 6) is -1.85. The lowest BCUT2D eigenvalue weighted by Crippen LogP contribution is -2.33. The number of carbonyl (C=O) groups is 2. The Balaban J connectivity index is 1.82. The maximum absolute atomic E-state index is 14.2. The minimum Gasteiger partial charge on any atom is -0.493 e. The average molecular weight is 584 g/mol. The Morgan fingerprint density at radius 2 is 1.83 bits per heavy atom. The number of nitrogens with zero attached hydrogens (tertiary/aromatic N) is 3. The zero-order chi connectivity index (χ0) is 29.4. The predicted molar refractivity (Wildman–Crippen MR) is 150 cm³/mol. The number of rotatable bonds is 11. The Bertz CT molecular complexity index is 1460.